The average Bonchev–Trinajstić information content (AvgIpc) is 3.07. The predicted molar refractivity (Wildman–Crippen MR) is 133 cm³/mol. The number of rotatable bonds is 6. The number of carbonyl (C=O) groups is 1. The lowest BCUT2D eigenvalue weighted by Gasteiger charge is -2.11. The van der Waals surface area contributed by atoms with Gasteiger partial charge in [0.15, 0.2) is 5.17 Å². The van der Waals surface area contributed by atoms with Crippen LogP contribution in [0.2, 0.25) is 0 Å². The monoisotopic (exact) mass is 494 g/mol. The van der Waals surface area contributed by atoms with Gasteiger partial charge >= 0.3 is 0 Å². The summed E-state index contributed by atoms with van der Waals surface area (Å²) in [7, 11) is 0. The molecule has 3 aromatic carbocycles. The molecule has 0 atom stereocenters. The Morgan fingerprint density at radius 2 is 1.90 bits per heavy atom. The van der Waals surface area contributed by atoms with Gasteiger partial charge in [-0.15, -0.1) is 0 Å². The molecule has 0 saturated carbocycles. The molecule has 3 aromatic rings. The highest BCUT2D eigenvalue weighted by atomic mass is 79.9. The SMILES string of the molecule is CCN=C1S/C(=C/c2ccc(OCc3cccc4ccccc34)c(Br)c2)C(=O)N1CC. The third-order valence-corrected chi connectivity index (χ3v) is 6.68. The highest BCUT2D eigenvalue weighted by molar-refractivity contribution is 9.10. The minimum absolute atomic E-state index is 0.00658. The van der Waals surface area contributed by atoms with E-state index in [2.05, 4.69) is 51.3 Å². The van der Waals surface area contributed by atoms with E-state index in [-0.39, 0.29) is 5.91 Å². The second-order valence-corrected chi connectivity index (χ2v) is 8.90. The van der Waals surface area contributed by atoms with Crippen molar-refractivity contribution in [2.45, 2.75) is 20.5 Å². The van der Waals surface area contributed by atoms with Gasteiger partial charge in [-0.2, -0.15) is 0 Å². The third-order valence-electron chi connectivity index (χ3n) is 5.01. The molecular weight excluding hydrogens is 472 g/mol. The van der Waals surface area contributed by atoms with E-state index in [0.717, 1.165) is 26.5 Å². The number of halogens is 1. The Labute approximate surface area is 195 Å². The van der Waals surface area contributed by atoms with Crippen molar-refractivity contribution in [2.24, 2.45) is 4.99 Å². The van der Waals surface area contributed by atoms with Crippen molar-refractivity contribution in [1.82, 2.24) is 4.90 Å². The van der Waals surface area contributed by atoms with Gasteiger partial charge in [-0.3, -0.25) is 14.7 Å². The van der Waals surface area contributed by atoms with Gasteiger partial charge in [0.1, 0.15) is 12.4 Å². The van der Waals surface area contributed by atoms with Crippen molar-refractivity contribution >= 4 is 55.6 Å². The molecule has 6 heteroatoms. The van der Waals surface area contributed by atoms with Crippen LogP contribution < -0.4 is 4.74 Å². The summed E-state index contributed by atoms with van der Waals surface area (Å²) in [5.74, 6) is 0.774. The number of benzene rings is 3. The molecule has 0 aliphatic carbocycles. The molecular formula is C25H23BrN2O2S. The molecule has 0 radical (unpaired) electrons. The van der Waals surface area contributed by atoms with Gasteiger partial charge in [0.05, 0.1) is 9.38 Å². The fraction of sp³-hybridized carbons (Fsp3) is 0.200. The van der Waals surface area contributed by atoms with Crippen molar-refractivity contribution < 1.29 is 9.53 Å². The van der Waals surface area contributed by atoms with Crippen LogP contribution in [0.4, 0.5) is 0 Å². The van der Waals surface area contributed by atoms with Crippen LogP contribution in [-0.4, -0.2) is 29.1 Å². The van der Waals surface area contributed by atoms with Crippen LogP contribution in [0.1, 0.15) is 25.0 Å². The lowest BCUT2D eigenvalue weighted by Crippen LogP contribution is -2.28. The maximum absolute atomic E-state index is 12.7. The molecule has 0 bridgehead atoms. The number of hydrogen-bond acceptors (Lipinski definition) is 4. The van der Waals surface area contributed by atoms with Gasteiger partial charge in [-0.25, -0.2) is 0 Å². The van der Waals surface area contributed by atoms with E-state index in [4.69, 9.17) is 4.74 Å². The molecule has 1 saturated heterocycles. The molecule has 4 nitrogen and oxygen atoms in total. The second-order valence-electron chi connectivity index (χ2n) is 7.03. The van der Waals surface area contributed by atoms with E-state index in [1.165, 1.54) is 22.5 Å². The topological polar surface area (TPSA) is 41.9 Å². The molecule has 0 spiro atoms. The minimum Gasteiger partial charge on any atom is -0.488 e. The van der Waals surface area contributed by atoms with Crippen LogP contribution >= 0.6 is 27.7 Å². The molecule has 1 amide bonds. The van der Waals surface area contributed by atoms with Gasteiger partial charge in [0.2, 0.25) is 0 Å². The summed E-state index contributed by atoms with van der Waals surface area (Å²) in [6, 6.07) is 20.4. The molecule has 0 N–H and O–H groups in total. The Morgan fingerprint density at radius 3 is 2.68 bits per heavy atom. The van der Waals surface area contributed by atoms with Gasteiger partial charge < -0.3 is 4.74 Å². The molecule has 31 heavy (non-hydrogen) atoms. The summed E-state index contributed by atoms with van der Waals surface area (Å²) in [5, 5.41) is 3.18. The first-order valence-corrected chi connectivity index (χ1v) is 11.9. The van der Waals surface area contributed by atoms with Crippen molar-refractivity contribution in [3.8, 4) is 5.75 Å². The van der Waals surface area contributed by atoms with E-state index in [1.54, 1.807) is 4.90 Å². The largest absolute Gasteiger partial charge is 0.488 e. The van der Waals surface area contributed by atoms with E-state index in [0.29, 0.717) is 24.6 Å². The van der Waals surface area contributed by atoms with Crippen molar-refractivity contribution in [3.05, 3.63) is 81.2 Å². The average molecular weight is 495 g/mol. The zero-order valence-electron chi connectivity index (χ0n) is 17.5. The van der Waals surface area contributed by atoms with Crippen LogP contribution in [0.25, 0.3) is 16.8 Å². The standard InChI is InChI=1S/C25H23BrN2O2S/c1-3-27-25-28(4-2)24(29)23(31-25)15-17-12-13-22(21(26)14-17)30-16-19-10-7-9-18-8-5-6-11-20(18)19/h5-15H,3-4,16H2,1-2H3/b23-15+,27-25?. The first-order valence-electron chi connectivity index (χ1n) is 10.3. The molecule has 0 unspecified atom stereocenters. The first-order chi connectivity index (χ1) is 15.1. The van der Waals surface area contributed by atoms with Gasteiger partial charge in [-0.1, -0.05) is 48.5 Å². The lowest BCUT2D eigenvalue weighted by atomic mass is 10.1. The number of nitrogens with zero attached hydrogens (tertiary/aromatic N) is 2. The van der Waals surface area contributed by atoms with Crippen LogP contribution in [-0.2, 0) is 11.4 Å². The smallest absolute Gasteiger partial charge is 0.266 e. The number of carbonyl (C=O) groups excluding carboxylic acids is 1. The second kappa shape index (κ2) is 9.71. The van der Waals surface area contributed by atoms with E-state index in [9.17, 15) is 4.79 Å². The normalized spacial score (nSPS) is 16.6. The van der Waals surface area contributed by atoms with Crippen LogP contribution in [0.15, 0.2) is 75.0 Å². The first kappa shape index (κ1) is 21.7. The zero-order valence-corrected chi connectivity index (χ0v) is 19.9. The number of thioether (sulfide) groups is 1. The van der Waals surface area contributed by atoms with E-state index in [1.807, 2.05) is 50.3 Å². The summed E-state index contributed by atoms with van der Waals surface area (Å²) >= 11 is 5.05. The predicted octanol–water partition coefficient (Wildman–Crippen LogP) is 6.49. The Kier molecular flexibility index (Phi) is 6.78. The van der Waals surface area contributed by atoms with Gasteiger partial charge in [0, 0.05) is 13.1 Å². The number of fused-ring (bicyclic) bond motifs is 1. The summed E-state index contributed by atoms with van der Waals surface area (Å²) in [4.78, 5) is 19.5. The molecule has 0 aromatic heterocycles. The fourth-order valence-electron chi connectivity index (χ4n) is 3.49. The molecule has 1 aliphatic heterocycles. The quantitative estimate of drug-likeness (QED) is 0.367. The molecule has 1 heterocycles. The fourth-order valence-corrected chi connectivity index (χ4v) is 5.11. The number of hydrogen-bond donors (Lipinski definition) is 0. The van der Waals surface area contributed by atoms with Gasteiger partial charge in [-0.05, 0) is 81.6 Å². The molecule has 1 aliphatic rings. The Bertz CT molecular complexity index is 1180. The van der Waals surface area contributed by atoms with Gasteiger partial charge in [0.25, 0.3) is 5.91 Å². The van der Waals surface area contributed by atoms with E-state index >= 15 is 0 Å². The Morgan fingerprint density at radius 1 is 1.10 bits per heavy atom. The highest BCUT2D eigenvalue weighted by Crippen LogP contribution is 2.34. The maximum atomic E-state index is 12.7. The summed E-state index contributed by atoms with van der Waals surface area (Å²) in [5.41, 5.74) is 2.08. The van der Waals surface area contributed by atoms with Crippen molar-refractivity contribution in [1.29, 1.82) is 0 Å². The highest BCUT2D eigenvalue weighted by Gasteiger charge is 2.31. The number of ether oxygens (including phenoxy) is 1. The minimum atomic E-state index is 0.00658. The number of likely N-dealkylation sites (N-methyl/N-ethyl adjacent to an activating group) is 1. The summed E-state index contributed by atoms with van der Waals surface area (Å²) in [6.07, 6.45) is 1.91. The number of amides is 1. The number of aliphatic imine (C=N–C) groups is 1. The Hall–Kier alpha value is -2.57. The van der Waals surface area contributed by atoms with Crippen LogP contribution in [0.3, 0.4) is 0 Å². The molecule has 1 fully saturated rings. The summed E-state index contributed by atoms with van der Waals surface area (Å²) in [6.45, 7) is 5.70. The third kappa shape index (κ3) is 4.70. The van der Waals surface area contributed by atoms with E-state index < -0.39 is 0 Å². The maximum Gasteiger partial charge on any atom is 0.266 e. The van der Waals surface area contributed by atoms with Crippen LogP contribution in [0, 0.1) is 0 Å². The lowest BCUT2D eigenvalue weighted by molar-refractivity contribution is -0.122. The zero-order chi connectivity index (χ0) is 21.8. The molecule has 4 rings (SSSR count). The number of amidine groups is 1. The summed E-state index contributed by atoms with van der Waals surface area (Å²) < 4.78 is 6.95. The van der Waals surface area contributed by atoms with Crippen molar-refractivity contribution in [2.75, 3.05) is 13.1 Å². The van der Waals surface area contributed by atoms with Crippen LogP contribution in [0.5, 0.6) is 5.75 Å². The molecule has 158 valence electrons. The Balaban J connectivity index is 1.51. The van der Waals surface area contributed by atoms with Crippen molar-refractivity contribution in [3.63, 3.8) is 0 Å².